The first kappa shape index (κ1) is 11.7. The summed E-state index contributed by atoms with van der Waals surface area (Å²) in [6.07, 6.45) is 2.18. The number of carbonyl (C=O) groups is 1. The Morgan fingerprint density at radius 3 is 2.73 bits per heavy atom. The van der Waals surface area contributed by atoms with Gasteiger partial charge in [0.2, 0.25) is 0 Å². The number of hydrogen-bond donors (Lipinski definition) is 0. The largest absolute Gasteiger partial charge is 0.369 e. The lowest BCUT2D eigenvalue weighted by Gasteiger charge is -2.00. The van der Waals surface area contributed by atoms with Crippen LogP contribution in [0.15, 0.2) is 4.99 Å². The second-order valence-electron chi connectivity index (χ2n) is 2.90. The van der Waals surface area contributed by atoms with E-state index >= 15 is 0 Å². The summed E-state index contributed by atoms with van der Waals surface area (Å²) in [5, 5.41) is 9.48. The topological polar surface area (TPSA) is 56.5 Å². The molecule has 78 valence electrons. The first-order chi connectivity index (χ1) is 7.10. The van der Waals surface area contributed by atoms with Crippen LogP contribution >= 0.6 is 22.9 Å². The number of rotatable bonds is 3. The number of aldehydes is 1. The van der Waals surface area contributed by atoms with Gasteiger partial charge in [0.1, 0.15) is 16.6 Å². The van der Waals surface area contributed by atoms with Crippen molar-refractivity contribution in [3.05, 3.63) is 15.5 Å². The Kier molecular flexibility index (Phi) is 3.83. The third-order valence-electron chi connectivity index (χ3n) is 1.48. The highest BCUT2D eigenvalue weighted by Crippen LogP contribution is 2.37. The SMILES string of the molecule is CN(C)/C=N/c1sc(C=O)c(Cl)c1C#N. The summed E-state index contributed by atoms with van der Waals surface area (Å²) in [4.78, 5) is 16.7. The van der Waals surface area contributed by atoms with Gasteiger partial charge < -0.3 is 4.90 Å². The molecule has 15 heavy (non-hydrogen) atoms. The van der Waals surface area contributed by atoms with E-state index in [1.807, 2.05) is 20.2 Å². The van der Waals surface area contributed by atoms with Crippen LogP contribution in [0, 0.1) is 11.3 Å². The van der Waals surface area contributed by atoms with Gasteiger partial charge in [-0.05, 0) is 0 Å². The van der Waals surface area contributed by atoms with Crippen molar-refractivity contribution in [3.63, 3.8) is 0 Å². The van der Waals surface area contributed by atoms with Crippen LogP contribution in [0.4, 0.5) is 5.00 Å². The first-order valence-corrected chi connectivity index (χ1v) is 5.17. The molecule has 0 aromatic carbocycles. The second kappa shape index (κ2) is 4.91. The standard InChI is InChI=1S/C9H8ClN3OS/c1-13(2)5-12-9-6(3-11)8(10)7(4-14)15-9/h4-5H,1-2H3/b12-5+. The van der Waals surface area contributed by atoms with Crippen LogP contribution in [-0.2, 0) is 0 Å². The van der Waals surface area contributed by atoms with Crippen LogP contribution in [0.1, 0.15) is 15.2 Å². The summed E-state index contributed by atoms with van der Waals surface area (Å²) in [7, 11) is 3.62. The highest BCUT2D eigenvalue weighted by Gasteiger charge is 2.15. The van der Waals surface area contributed by atoms with Crippen LogP contribution in [0.3, 0.4) is 0 Å². The lowest BCUT2D eigenvalue weighted by molar-refractivity contribution is 0.112. The molecule has 0 saturated heterocycles. The van der Waals surface area contributed by atoms with Crippen molar-refractivity contribution >= 4 is 40.6 Å². The highest BCUT2D eigenvalue weighted by atomic mass is 35.5. The Morgan fingerprint density at radius 1 is 1.60 bits per heavy atom. The van der Waals surface area contributed by atoms with Gasteiger partial charge in [-0.3, -0.25) is 4.79 Å². The van der Waals surface area contributed by atoms with Crippen molar-refractivity contribution in [2.24, 2.45) is 4.99 Å². The monoisotopic (exact) mass is 241 g/mol. The van der Waals surface area contributed by atoms with E-state index in [1.54, 1.807) is 11.2 Å². The third kappa shape index (κ3) is 2.55. The van der Waals surface area contributed by atoms with E-state index in [9.17, 15) is 4.79 Å². The Morgan fingerprint density at radius 2 is 2.27 bits per heavy atom. The summed E-state index contributed by atoms with van der Waals surface area (Å²) < 4.78 is 0. The third-order valence-corrected chi connectivity index (χ3v) is 3.01. The van der Waals surface area contributed by atoms with Crippen LogP contribution in [0.5, 0.6) is 0 Å². The molecule has 0 bridgehead atoms. The number of thiophene rings is 1. The molecule has 1 rings (SSSR count). The average Bonchev–Trinajstić information content (AvgIpc) is 2.51. The summed E-state index contributed by atoms with van der Waals surface area (Å²) in [5.41, 5.74) is 0.252. The molecule has 1 heterocycles. The van der Waals surface area contributed by atoms with Gasteiger partial charge in [-0.25, -0.2) is 4.99 Å². The molecule has 0 aliphatic rings. The zero-order valence-corrected chi connectivity index (χ0v) is 9.76. The first-order valence-electron chi connectivity index (χ1n) is 3.98. The van der Waals surface area contributed by atoms with Gasteiger partial charge in [0.15, 0.2) is 6.29 Å². The van der Waals surface area contributed by atoms with Gasteiger partial charge in [-0.15, -0.1) is 11.3 Å². The molecule has 0 saturated carbocycles. The van der Waals surface area contributed by atoms with E-state index < -0.39 is 0 Å². The Balaban J connectivity index is 3.19. The predicted molar refractivity (Wildman–Crippen MR) is 61.3 cm³/mol. The number of carbonyl (C=O) groups excluding carboxylic acids is 1. The molecule has 0 spiro atoms. The molecule has 0 aliphatic heterocycles. The lowest BCUT2D eigenvalue weighted by Crippen LogP contribution is -2.06. The molecule has 1 aromatic heterocycles. The molecule has 0 aliphatic carbocycles. The van der Waals surface area contributed by atoms with Crippen molar-refractivity contribution in [2.75, 3.05) is 14.1 Å². The van der Waals surface area contributed by atoms with Gasteiger partial charge in [-0.2, -0.15) is 5.26 Å². The molecular weight excluding hydrogens is 234 g/mol. The molecular formula is C9H8ClN3OS. The Hall–Kier alpha value is -1.38. The summed E-state index contributed by atoms with van der Waals surface area (Å²) in [6.45, 7) is 0. The quantitative estimate of drug-likeness (QED) is 0.464. The van der Waals surface area contributed by atoms with Crippen molar-refractivity contribution in [3.8, 4) is 6.07 Å². The normalized spacial score (nSPS) is 10.3. The van der Waals surface area contributed by atoms with Gasteiger partial charge in [-0.1, -0.05) is 11.6 Å². The summed E-state index contributed by atoms with van der Waals surface area (Å²) >= 11 is 6.92. The van der Waals surface area contributed by atoms with Crippen LogP contribution < -0.4 is 0 Å². The van der Waals surface area contributed by atoms with E-state index in [1.165, 1.54) is 0 Å². The Bertz CT molecular complexity index is 445. The number of nitrogens with zero attached hydrogens (tertiary/aromatic N) is 3. The lowest BCUT2D eigenvalue weighted by atomic mass is 10.3. The maximum atomic E-state index is 10.6. The minimum atomic E-state index is 0.184. The maximum absolute atomic E-state index is 10.6. The van der Waals surface area contributed by atoms with E-state index in [2.05, 4.69) is 4.99 Å². The molecule has 6 heteroatoms. The molecule has 0 fully saturated rings. The summed E-state index contributed by atoms with van der Waals surface area (Å²) in [6, 6.07) is 1.93. The molecule has 0 radical (unpaired) electrons. The minimum absolute atomic E-state index is 0.184. The zero-order valence-electron chi connectivity index (χ0n) is 8.19. The van der Waals surface area contributed by atoms with Crippen LogP contribution in [-0.4, -0.2) is 31.6 Å². The minimum Gasteiger partial charge on any atom is -0.369 e. The Labute approximate surface area is 96.4 Å². The smallest absolute Gasteiger partial charge is 0.161 e. The fraction of sp³-hybridized carbons (Fsp3) is 0.222. The van der Waals surface area contributed by atoms with Crippen molar-refractivity contribution in [2.45, 2.75) is 0 Å². The van der Waals surface area contributed by atoms with Gasteiger partial charge in [0.05, 0.1) is 16.2 Å². The van der Waals surface area contributed by atoms with E-state index in [4.69, 9.17) is 16.9 Å². The predicted octanol–water partition coefficient (Wildman–Crippen LogP) is 2.31. The molecule has 4 nitrogen and oxygen atoms in total. The molecule has 1 aromatic rings. The summed E-state index contributed by atoms with van der Waals surface area (Å²) in [5.74, 6) is 0. The molecule has 0 unspecified atom stereocenters. The number of aliphatic imine (C=N–C) groups is 1. The van der Waals surface area contributed by atoms with Crippen molar-refractivity contribution in [1.29, 1.82) is 5.26 Å². The molecule has 0 atom stereocenters. The molecule has 0 amide bonds. The van der Waals surface area contributed by atoms with Gasteiger partial charge in [0, 0.05) is 14.1 Å². The zero-order chi connectivity index (χ0) is 11.4. The van der Waals surface area contributed by atoms with Crippen molar-refractivity contribution in [1.82, 2.24) is 4.90 Å². The van der Waals surface area contributed by atoms with E-state index in [0.717, 1.165) is 11.3 Å². The average molecular weight is 242 g/mol. The van der Waals surface area contributed by atoms with Crippen LogP contribution in [0.25, 0.3) is 0 Å². The molecule has 0 N–H and O–H groups in total. The van der Waals surface area contributed by atoms with Gasteiger partial charge in [0.25, 0.3) is 0 Å². The van der Waals surface area contributed by atoms with E-state index in [0.29, 0.717) is 16.2 Å². The number of halogens is 1. The van der Waals surface area contributed by atoms with Gasteiger partial charge >= 0.3 is 0 Å². The van der Waals surface area contributed by atoms with Crippen LogP contribution in [0.2, 0.25) is 5.02 Å². The van der Waals surface area contributed by atoms with E-state index in [-0.39, 0.29) is 10.6 Å². The fourth-order valence-corrected chi connectivity index (χ4v) is 1.99. The maximum Gasteiger partial charge on any atom is 0.161 e. The number of hydrogen-bond acceptors (Lipinski definition) is 4. The van der Waals surface area contributed by atoms with Crippen molar-refractivity contribution < 1.29 is 4.79 Å². The second-order valence-corrected chi connectivity index (χ2v) is 4.31. The highest BCUT2D eigenvalue weighted by molar-refractivity contribution is 7.18. The number of nitriles is 1. The fourth-order valence-electron chi connectivity index (χ4n) is 0.849.